The van der Waals surface area contributed by atoms with Crippen molar-refractivity contribution in [3.8, 4) is 5.75 Å². The molecule has 0 spiro atoms. The summed E-state index contributed by atoms with van der Waals surface area (Å²) in [4.78, 5) is 11.0. The average molecular weight is 449 g/mol. The minimum absolute atomic E-state index is 0.143. The Labute approximate surface area is 180 Å². The highest BCUT2D eigenvalue weighted by molar-refractivity contribution is 6.32. The van der Waals surface area contributed by atoms with Crippen molar-refractivity contribution in [2.45, 2.75) is 12.8 Å². The van der Waals surface area contributed by atoms with Crippen molar-refractivity contribution in [1.82, 2.24) is 0 Å². The van der Waals surface area contributed by atoms with Crippen LogP contribution >= 0.6 is 11.6 Å². The maximum absolute atomic E-state index is 12.6. The molecule has 0 aromatic heterocycles. The van der Waals surface area contributed by atoms with Gasteiger partial charge in [0.1, 0.15) is 12.4 Å². The van der Waals surface area contributed by atoms with Crippen LogP contribution in [0.25, 0.3) is 0 Å². The minimum atomic E-state index is -4.39. The zero-order valence-electron chi connectivity index (χ0n) is 15.9. The van der Waals surface area contributed by atoms with Crippen LogP contribution in [0.1, 0.15) is 27.0 Å². The number of ether oxygens (including phenoxy) is 1. The number of carboxylic acids is 1. The Hall–Kier alpha value is -3.52. The van der Waals surface area contributed by atoms with E-state index in [1.807, 2.05) is 0 Å². The van der Waals surface area contributed by atoms with E-state index in [9.17, 15) is 18.0 Å². The lowest BCUT2D eigenvalue weighted by Gasteiger charge is -2.09. The maximum Gasteiger partial charge on any atom is 0.416 e. The molecule has 0 aliphatic carbocycles. The molecule has 0 saturated carbocycles. The summed E-state index contributed by atoms with van der Waals surface area (Å²) in [6.45, 7) is 0.143. The van der Waals surface area contributed by atoms with Crippen molar-refractivity contribution in [3.63, 3.8) is 0 Å². The maximum atomic E-state index is 12.6. The number of rotatable bonds is 7. The molecule has 0 saturated heterocycles. The van der Waals surface area contributed by atoms with Gasteiger partial charge in [-0.15, -0.1) is 0 Å². The Balaban J connectivity index is 1.59. The summed E-state index contributed by atoms with van der Waals surface area (Å²) >= 11 is 6.23. The van der Waals surface area contributed by atoms with Gasteiger partial charge in [0.15, 0.2) is 0 Å². The number of carboxylic acid groups (broad SMARTS) is 1. The summed E-state index contributed by atoms with van der Waals surface area (Å²) < 4.78 is 43.4. The van der Waals surface area contributed by atoms with Crippen LogP contribution in [-0.2, 0) is 12.8 Å². The standard InChI is InChI=1S/C22H16ClF3N2O3/c23-19-11-14(12-27-28-18-7-5-17(6-8-18)22(24,25)26)4-9-20(19)31-13-15-2-1-3-16(10-15)21(29)30/h1-12,28H,13H2,(H,29,30)/b27-12+. The molecule has 3 aromatic rings. The molecule has 0 aliphatic rings. The van der Waals surface area contributed by atoms with Crippen LogP contribution in [0.15, 0.2) is 71.8 Å². The quantitative estimate of drug-likeness (QED) is 0.339. The Morgan fingerprint density at radius 3 is 2.48 bits per heavy atom. The van der Waals surface area contributed by atoms with E-state index in [1.165, 1.54) is 30.5 Å². The number of hydrogen-bond donors (Lipinski definition) is 2. The van der Waals surface area contributed by atoms with Gasteiger partial charge in [0.2, 0.25) is 0 Å². The normalized spacial score (nSPS) is 11.5. The van der Waals surface area contributed by atoms with Crippen LogP contribution in [0.5, 0.6) is 5.75 Å². The van der Waals surface area contributed by atoms with Gasteiger partial charge >= 0.3 is 12.1 Å². The SMILES string of the molecule is O=C(O)c1cccc(COc2ccc(/C=N/Nc3ccc(C(F)(F)F)cc3)cc2Cl)c1. The van der Waals surface area contributed by atoms with Crippen molar-refractivity contribution >= 4 is 29.5 Å². The third kappa shape index (κ3) is 6.23. The third-order valence-corrected chi connectivity index (χ3v) is 4.44. The molecule has 0 radical (unpaired) electrons. The van der Waals surface area contributed by atoms with E-state index >= 15 is 0 Å². The molecule has 2 N–H and O–H groups in total. The number of carbonyl (C=O) groups is 1. The lowest BCUT2D eigenvalue weighted by atomic mass is 10.1. The van der Waals surface area contributed by atoms with Crippen molar-refractivity contribution < 1.29 is 27.8 Å². The number of halogens is 4. The molecular formula is C22H16ClF3N2O3. The summed E-state index contributed by atoms with van der Waals surface area (Å²) in [5.74, 6) is -0.608. The molecular weight excluding hydrogens is 433 g/mol. The zero-order chi connectivity index (χ0) is 22.4. The van der Waals surface area contributed by atoms with Gasteiger partial charge in [-0.2, -0.15) is 18.3 Å². The lowest BCUT2D eigenvalue weighted by Crippen LogP contribution is -2.04. The van der Waals surface area contributed by atoms with Gasteiger partial charge in [-0.25, -0.2) is 4.79 Å². The highest BCUT2D eigenvalue weighted by Crippen LogP contribution is 2.30. The van der Waals surface area contributed by atoms with Crippen LogP contribution in [-0.4, -0.2) is 17.3 Å². The molecule has 0 aliphatic heterocycles. The topological polar surface area (TPSA) is 70.9 Å². The summed E-state index contributed by atoms with van der Waals surface area (Å²) in [5.41, 5.74) is 3.80. The van der Waals surface area contributed by atoms with Crippen LogP contribution in [0.3, 0.4) is 0 Å². The first-order valence-electron chi connectivity index (χ1n) is 8.93. The van der Waals surface area contributed by atoms with Crippen molar-refractivity contribution in [2.24, 2.45) is 5.10 Å². The minimum Gasteiger partial charge on any atom is -0.487 e. The summed E-state index contributed by atoms with van der Waals surface area (Å²) in [6, 6.07) is 15.8. The number of nitrogens with zero attached hydrogens (tertiary/aromatic N) is 1. The summed E-state index contributed by atoms with van der Waals surface area (Å²) in [5, 5.41) is 13.3. The number of anilines is 1. The van der Waals surface area contributed by atoms with E-state index < -0.39 is 17.7 Å². The number of alkyl halides is 3. The highest BCUT2D eigenvalue weighted by atomic mass is 35.5. The fourth-order valence-electron chi connectivity index (χ4n) is 2.58. The summed E-state index contributed by atoms with van der Waals surface area (Å²) in [7, 11) is 0. The Kier molecular flexibility index (Phi) is 6.81. The molecule has 0 heterocycles. The first-order chi connectivity index (χ1) is 14.7. The van der Waals surface area contributed by atoms with Gasteiger partial charge in [0.25, 0.3) is 0 Å². The van der Waals surface area contributed by atoms with Gasteiger partial charge in [-0.1, -0.05) is 23.7 Å². The first-order valence-corrected chi connectivity index (χ1v) is 9.31. The van der Waals surface area contributed by atoms with E-state index in [-0.39, 0.29) is 12.2 Å². The van der Waals surface area contributed by atoms with E-state index in [0.717, 1.165) is 12.1 Å². The fourth-order valence-corrected chi connectivity index (χ4v) is 2.83. The molecule has 0 bridgehead atoms. The molecule has 0 fully saturated rings. The number of aromatic carboxylic acids is 1. The Morgan fingerprint density at radius 2 is 1.84 bits per heavy atom. The van der Waals surface area contributed by atoms with Crippen LogP contribution in [0.4, 0.5) is 18.9 Å². The monoisotopic (exact) mass is 448 g/mol. The largest absolute Gasteiger partial charge is 0.487 e. The molecule has 0 amide bonds. The second-order valence-electron chi connectivity index (χ2n) is 6.43. The smallest absolute Gasteiger partial charge is 0.416 e. The zero-order valence-corrected chi connectivity index (χ0v) is 16.6. The molecule has 31 heavy (non-hydrogen) atoms. The summed E-state index contributed by atoms with van der Waals surface area (Å²) in [6.07, 6.45) is -2.93. The predicted octanol–water partition coefficient (Wildman–Crippen LogP) is 6.08. The number of benzene rings is 3. The van der Waals surface area contributed by atoms with E-state index in [4.69, 9.17) is 21.4 Å². The van der Waals surface area contributed by atoms with Gasteiger partial charge in [0.05, 0.1) is 28.1 Å². The van der Waals surface area contributed by atoms with Crippen molar-refractivity contribution in [3.05, 3.63) is 94.0 Å². The number of nitrogens with one attached hydrogen (secondary N) is 1. The van der Waals surface area contributed by atoms with E-state index in [0.29, 0.717) is 27.6 Å². The second-order valence-corrected chi connectivity index (χ2v) is 6.84. The average Bonchev–Trinajstić information content (AvgIpc) is 2.73. The molecule has 5 nitrogen and oxygen atoms in total. The van der Waals surface area contributed by atoms with Crippen molar-refractivity contribution in [2.75, 3.05) is 5.43 Å². The number of hydrazone groups is 1. The van der Waals surface area contributed by atoms with Gasteiger partial charge in [-0.05, 0) is 65.7 Å². The van der Waals surface area contributed by atoms with Gasteiger partial charge in [0, 0.05) is 0 Å². The lowest BCUT2D eigenvalue weighted by molar-refractivity contribution is -0.137. The van der Waals surface area contributed by atoms with E-state index in [2.05, 4.69) is 10.5 Å². The predicted molar refractivity (Wildman–Crippen MR) is 112 cm³/mol. The first kappa shape index (κ1) is 22.2. The molecule has 3 aromatic carbocycles. The molecule has 160 valence electrons. The molecule has 9 heteroatoms. The Bertz CT molecular complexity index is 1100. The van der Waals surface area contributed by atoms with Crippen LogP contribution in [0.2, 0.25) is 5.02 Å². The molecule has 0 atom stereocenters. The second kappa shape index (κ2) is 9.53. The van der Waals surface area contributed by atoms with E-state index in [1.54, 1.807) is 30.3 Å². The Morgan fingerprint density at radius 1 is 1.10 bits per heavy atom. The third-order valence-electron chi connectivity index (χ3n) is 4.14. The van der Waals surface area contributed by atoms with Gasteiger partial charge < -0.3 is 9.84 Å². The van der Waals surface area contributed by atoms with Crippen LogP contribution < -0.4 is 10.2 Å². The fraction of sp³-hybridized carbons (Fsp3) is 0.0909. The highest BCUT2D eigenvalue weighted by Gasteiger charge is 2.29. The molecule has 0 unspecified atom stereocenters. The van der Waals surface area contributed by atoms with Crippen molar-refractivity contribution in [1.29, 1.82) is 0 Å². The molecule has 3 rings (SSSR count). The van der Waals surface area contributed by atoms with Crippen LogP contribution in [0, 0.1) is 0 Å². The van der Waals surface area contributed by atoms with Gasteiger partial charge in [-0.3, -0.25) is 5.43 Å². The number of hydrogen-bond acceptors (Lipinski definition) is 4.